The van der Waals surface area contributed by atoms with Crippen molar-refractivity contribution in [1.29, 1.82) is 0 Å². The Labute approximate surface area is 498 Å². The Balaban J connectivity index is 1.60. The van der Waals surface area contributed by atoms with Gasteiger partial charge >= 0.3 is 13.5 Å². The van der Waals surface area contributed by atoms with Crippen LogP contribution in [-0.4, -0.2) is 18.3 Å². The molecule has 458 valence electrons. The van der Waals surface area contributed by atoms with E-state index < -0.39 is 7.58 Å². The number of rotatable bonds is 63. The summed E-state index contributed by atoms with van der Waals surface area (Å²) in [5.41, 5.74) is 2.78. The van der Waals surface area contributed by atoms with E-state index in [0.29, 0.717) is 13.0 Å². The third-order valence-corrected chi connectivity index (χ3v) is 19.6. The summed E-state index contributed by atoms with van der Waals surface area (Å²) in [7, 11) is -1.16. The molecule has 0 saturated carbocycles. The molecule has 0 aliphatic carbocycles. The van der Waals surface area contributed by atoms with Gasteiger partial charge < -0.3 is 13.8 Å². The molecular formula is C73H131O4PS. The van der Waals surface area contributed by atoms with Crippen LogP contribution in [0.25, 0.3) is 0 Å². The second-order valence-electron chi connectivity index (χ2n) is 24.3. The molecular weight excluding hydrogens is 1000 g/mol. The van der Waals surface area contributed by atoms with Crippen molar-refractivity contribution >= 4 is 24.9 Å². The molecule has 0 atom stereocenters. The molecule has 0 heterocycles. The van der Waals surface area contributed by atoms with Gasteiger partial charge in [0.1, 0.15) is 11.5 Å². The number of esters is 1. The van der Waals surface area contributed by atoms with E-state index in [1.165, 1.54) is 326 Å². The van der Waals surface area contributed by atoms with E-state index in [1.54, 1.807) is 0 Å². The molecule has 0 unspecified atom stereocenters. The number of ether oxygens (including phenoxy) is 1. The normalized spacial score (nSPS) is 11.5. The van der Waals surface area contributed by atoms with Gasteiger partial charge in [0.25, 0.3) is 0 Å². The first-order chi connectivity index (χ1) is 39.1. The van der Waals surface area contributed by atoms with E-state index in [2.05, 4.69) is 69.3 Å². The van der Waals surface area contributed by atoms with Gasteiger partial charge in [0.2, 0.25) is 0 Å². The third-order valence-electron chi connectivity index (χ3n) is 16.5. The maximum Gasteiger partial charge on any atom is 0.360 e. The van der Waals surface area contributed by atoms with E-state index in [0.717, 1.165) is 49.4 Å². The van der Waals surface area contributed by atoms with Crippen molar-refractivity contribution in [3.05, 3.63) is 59.7 Å². The third kappa shape index (κ3) is 50.5. The van der Waals surface area contributed by atoms with E-state index in [4.69, 9.17) is 13.8 Å². The first-order valence-electron chi connectivity index (χ1n) is 35.3. The summed E-state index contributed by atoms with van der Waals surface area (Å²) >= 11 is 1.89. The van der Waals surface area contributed by atoms with Crippen molar-refractivity contribution in [3.63, 3.8) is 0 Å². The molecule has 0 fully saturated rings. The van der Waals surface area contributed by atoms with Gasteiger partial charge in [-0.1, -0.05) is 347 Å². The summed E-state index contributed by atoms with van der Waals surface area (Å²) in [6.45, 7) is 7.52. The Hall–Kier alpha value is -1.71. The van der Waals surface area contributed by atoms with Crippen molar-refractivity contribution in [3.8, 4) is 11.5 Å². The number of aryl methyl sites for hydroxylation is 2. The van der Waals surface area contributed by atoms with E-state index in [1.807, 2.05) is 11.4 Å². The second kappa shape index (κ2) is 59.4. The van der Waals surface area contributed by atoms with Gasteiger partial charge in [-0.15, -0.1) is 0 Å². The number of hydrogen-bond acceptors (Lipinski definition) is 5. The first-order valence-corrected chi connectivity index (χ1v) is 38.0. The van der Waals surface area contributed by atoms with Crippen LogP contribution in [0.3, 0.4) is 0 Å². The molecule has 0 aliphatic heterocycles. The lowest BCUT2D eigenvalue weighted by Gasteiger charge is -2.19. The molecule has 79 heavy (non-hydrogen) atoms. The zero-order chi connectivity index (χ0) is 56.3. The van der Waals surface area contributed by atoms with E-state index >= 15 is 0 Å². The highest BCUT2D eigenvalue weighted by molar-refractivity contribution is 8.53. The van der Waals surface area contributed by atoms with Gasteiger partial charge in [-0.25, -0.2) is 0 Å². The maximum absolute atomic E-state index is 12.2. The Bertz CT molecular complexity index is 1480. The summed E-state index contributed by atoms with van der Waals surface area (Å²) in [6.07, 6.45) is 73.2. The molecule has 0 N–H and O–H groups in total. The number of hydrogen-bond donors (Lipinski definition) is 0. The van der Waals surface area contributed by atoms with Crippen LogP contribution >= 0.6 is 19.0 Å². The molecule has 0 aromatic heterocycles. The van der Waals surface area contributed by atoms with Gasteiger partial charge in [-0.3, -0.25) is 4.79 Å². The number of benzene rings is 2. The van der Waals surface area contributed by atoms with Crippen molar-refractivity contribution in [1.82, 2.24) is 0 Å². The largest absolute Gasteiger partial charge is 0.466 e. The fourth-order valence-corrected chi connectivity index (χ4v) is 14.1. The molecule has 4 nitrogen and oxygen atoms in total. The number of carbonyl (C=O) groups is 1. The molecule has 2 aromatic rings. The van der Waals surface area contributed by atoms with Crippen LogP contribution in [0.1, 0.15) is 372 Å². The second-order valence-corrected chi connectivity index (χ2v) is 27.5. The van der Waals surface area contributed by atoms with Crippen molar-refractivity contribution in [2.75, 3.05) is 12.4 Å². The SMILES string of the molecule is CCCCCCCCCCCCCCCOC(=O)CCCCCCCCCCCCCCCSP(Oc1cccc(CCCCCCCCCCCCCCC)c1)Oc1cccc(CCCCCCCCCCCCCCC)c1. The minimum atomic E-state index is -1.16. The molecule has 2 aromatic carbocycles. The fourth-order valence-electron chi connectivity index (χ4n) is 11.3. The molecule has 2 rings (SSSR count). The zero-order valence-electron chi connectivity index (χ0n) is 52.9. The summed E-state index contributed by atoms with van der Waals surface area (Å²) in [5.74, 6) is 3.01. The van der Waals surface area contributed by atoms with Crippen LogP contribution in [0, 0.1) is 0 Å². The monoisotopic (exact) mass is 1130 g/mol. The van der Waals surface area contributed by atoms with Crippen molar-refractivity contribution < 1.29 is 18.6 Å². The van der Waals surface area contributed by atoms with Crippen molar-refractivity contribution in [2.24, 2.45) is 0 Å². The summed E-state index contributed by atoms with van der Waals surface area (Å²) in [6, 6.07) is 17.8. The van der Waals surface area contributed by atoms with Crippen LogP contribution in [0.4, 0.5) is 0 Å². The van der Waals surface area contributed by atoms with Gasteiger partial charge in [0.05, 0.1) is 6.61 Å². The molecule has 0 aliphatic rings. The zero-order valence-corrected chi connectivity index (χ0v) is 54.6. The van der Waals surface area contributed by atoms with Gasteiger partial charge in [0.15, 0.2) is 0 Å². The minimum Gasteiger partial charge on any atom is -0.466 e. The molecule has 0 saturated heterocycles. The Morgan fingerprint density at radius 1 is 0.342 bits per heavy atom. The summed E-state index contributed by atoms with van der Waals surface area (Å²) in [4.78, 5) is 12.2. The van der Waals surface area contributed by atoms with Gasteiger partial charge in [0, 0.05) is 12.2 Å². The van der Waals surface area contributed by atoms with Crippen LogP contribution in [-0.2, 0) is 22.4 Å². The fraction of sp³-hybridized carbons (Fsp3) is 0.822. The Morgan fingerprint density at radius 3 is 0.949 bits per heavy atom. The summed E-state index contributed by atoms with van der Waals surface area (Å²) in [5, 5.41) is 0. The average Bonchev–Trinajstić information content (AvgIpc) is 3.46. The summed E-state index contributed by atoms with van der Waals surface area (Å²) < 4.78 is 19.0. The lowest BCUT2D eigenvalue weighted by molar-refractivity contribution is -0.143. The first kappa shape index (κ1) is 73.4. The average molecular weight is 1140 g/mol. The topological polar surface area (TPSA) is 44.8 Å². The maximum atomic E-state index is 12.2. The van der Waals surface area contributed by atoms with E-state index in [-0.39, 0.29) is 5.97 Å². The lowest BCUT2D eigenvalue weighted by Crippen LogP contribution is -2.05. The number of unbranched alkanes of at least 4 members (excludes halogenated alkanes) is 48. The van der Waals surface area contributed by atoms with E-state index in [9.17, 15) is 4.79 Å². The van der Waals surface area contributed by atoms with Gasteiger partial charge in [-0.2, -0.15) is 0 Å². The molecule has 0 radical (unpaired) electrons. The minimum absolute atomic E-state index is 0.0176. The molecule has 0 amide bonds. The Kier molecular flexibility index (Phi) is 55.2. The van der Waals surface area contributed by atoms with Crippen LogP contribution in [0.5, 0.6) is 11.5 Å². The number of carbonyl (C=O) groups excluding carboxylic acids is 1. The Morgan fingerprint density at radius 2 is 0.620 bits per heavy atom. The van der Waals surface area contributed by atoms with Crippen molar-refractivity contribution in [2.45, 2.75) is 374 Å². The lowest BCUT2D eigenvalue weighted by atomic mass is 10.0. The highest BCUT2D eigenvalue weighted by atomic mass is 32.7. The molecule has 6 heteroatoms. The molecule has 0 spiro atoms. The quantitative estimate of drug-likeness (QED) is 0.0375. The highest BCUT2D eigenvalue weighted by Crippen LogP contribution is 2.52. The predicted molar refractivity (Wildman–Crippen MR) is 354 cm³/mol. The highest BCUT2D eigenvalue weighted by Gasteiger charge is 2.17. The van der Waals surface area contributed by atoms with Crippen LogP contribution < -0.4 is 9.05 Å². The molecule has 0 bridgehead atoms. The predicted octanol–water partition coefficient (Wildman–Crippen LogP) is 26.5. The smallest absolute Gasteiger partial charge is 0.360 e. The standard InChI is InChI=1S/C73H131O4PS/c1-4-7-10-13-16-19-22-26-31-36-41-46-51-58-69-60-56-62-71(67-69)76-78(77-72-63-57-61-70(68-72)59-52-47-42-37-32-27-23-20-17-14-11-8-5-2)79-66-55-50-45-40-35-30-25-28-33-38-43-48-53-64-73(74)75-65-54-49-44-39-34-29-24-21-18-15-12-9-6-3/h56-57,60-63,67-68H,4-55,58-59,64-66H2,1-3H3. The van der Waals surface area contributed by atoms with Gasteiger partial charge in [-0.05, 0) is 91.7 Å². The van der Waals surface area contributed by atoms with Crippen LogP contribution in [0.15, 0.2) is 48.5 Å². The van der Waals surface area contributed by atoms with Crippen LogP contribution in [0.2, 0.25) is 0 Å².